The molecule has 4 nitrogen and oxygen atoms in total. The van der Waals surface area contributed by atoms with Crippen LogP contribution in [0.1, 0.15) is 5.56 Å². The van der Waals surface area contributed by atoms with E-state index in [2.05, 4.69) is 0 Å². The fourth-order valence-corrected chi connectivity index (χ4v) is 1.71. The molecule has 4 atom stereocenters. The van der Waals surface area contributed by atoms with Crippen LogP contribution in [0, 0.1) is 0 Å². The monoisotopic (exact) mass is 242 g/mol. The molecule has 1 aromatic carbocycles. The standard InChI is InChI=1S/C12H15FO4/c13-10-11(14)9(17-12(10)15)7-16-6-8-4-2-1-3-5-8/h1-5,9-12,14-15H,6-7H2/t9-,10+,11-,12+/m1/s1. The maximum atomic E-state index is 13.0. The summed E-state index contributed by atoms with van der Waals surface area (Å²) in [7, 11) is 0. The first-order valence-electron chi connectivity index (χ1n) is 5.46. The fourth-order valence-electron chi connectivity index (χ4n) is 1.71. The van der Waals surface area contributed by atoms with E-state index in [1.54, 1.807) is 0 Å². The second-order valence-electron chi connectivity index (χ2n) is 4.00. The Labute approximate surface area is 98.6 Å². The van der Waals surface area contributed by atoms with Crippen molar-refractivity contribution in [3.63, 3.8) is 0 Å². The lowest BCUT2D eigenvalue weighted by Gasteiger charge is -2.13. The van der Waals surface area contributed by atoms with Gasteiger partial charge in [0.05, 0.1) is 13.2 Å². The van der Waals surface area contributed by atoms with E-state index in [0.29, 0.717) is 6.61 Å². The van der Waals surface area contributed by atoms with Crippen molar-refractivity contribution in [1.29, 1.82) is 0 Å². The number of hydrogen-bond acceptors (Lipinski definition) is 4. The molecule has 0 saturated carbocycles. The number of benzene rings is 1. The highest BCUT2D eigenvalue weighted by molar-refractivity contribution is 5.13. The smallest absolute Gasteiger partial charge is 0.189 e. The molecular weight excluding hydrogens is 227 g/mol. The Morgan fingerprint density at radius 2 is 1.94 bits per heavy atom. The van der Waals surface area contributed by atoms with Crippen LogP contribution >= 0.6 is 0 Å². The van der Waals surface area contributed by atoms with Crippen molar-refractivity contribution in [1.82, 2.24) is 0 Å². The summed E-state index contributed by atoms with van der Waals surface area (Å²) < 4.78 is 23.2. The van der Waals surface area contributed by atoms with Crippen molar-refractivity contribution in [2.75, 3.05) is 6.61 Å². The van der Waals surface area contributed by atoms with Crippen LogP contribution in [0.25, 0.3) is 0 Å². The van der Waals surface area contributed by atoms with Crippen molar-refractivity contribution >= 4 is 0 Å². The van der Waals surface area contributed by atoms with Gasteiger partial charge in [-0.1, -0.05) is 30.3 Å². The second-order valence-corrected chi connectivity index (χ2v) is 4.00. The van der Waals surface area contributed by atoms with Crippen LogP contribution < -0.4 is 0 Å². The van der Waals surface area contributed by atoms with Crippen molar-refractivity contribution in [2.45, 2.75) is 31.3 Å². The number of alkyl halides is 1. The average Bonchev–Trinajstić information content (AvgIpc) is 2.59. The zero-order valence-electron chi connectivity index (χ0n) is 9.20. The third-order valence-electron chi connectivity index (χ3n) is 2.69. The van der Waals surface area contributed by atoms with Crippen LogP contribution in [-0.4, -0.2) is 41.5 Å². The van der Waals surface area contributed by atoms with Gasteiger partial charge in [-0.2, -0.15) is 0 Å². The molecule has 2 N–H and O–H groups in total. The maximum absolute atomic E-state index is 13.0. The van der Waals surface area contributed by atoms with Gasteiger partial charge in [-0.05, 0) is 5.56 Å². The Balaban J connectivity index is 1.76. The molecule has 0 aliphatic carbocycles. The van der Waals surface area contributed by atoms with Gasteiger partial charge in [-0.3, -0.25) is 0 Å². The molecule has 1 aromatic rings. The number of hydrogen-bond donors (Lipinski definition) is 2. The molecule has 1 fully saturated rings. The number of rotatable bonds is 4. The molecule has 0 radical (unpaired) electrons. The van der Waals surface area contributed by atoms with Crippen LogP contribution in [0.15, 0.2) is 30.3 Å². The number of aliphatic hydroxyl groups is 2. The lowest BCUT2D eigenvalue weighted by atomic mass is 10.2. The van der Waals surface area contributed by atoms with E-state index in [0.717, 1.165) is 5.56 Å². The molecule has 0 bridgehead atoms. The fraction of sp³-hybridized carbons (Fsp3) is 0.500. The highest BCUT2D eigenvalue weighted by atomic mass is 19.1. The number of ether oxygens (including phenoxy) is 2. The van der Waals surface area contributed by atoms with Gasteiger partial charge in [-0.25, -0.2) is 4.39 Å². The summed E-state index contributed by atoms with van der Waals surface area (Å²) in [6.45, 7) is 0.411. The van der Waals surface area contributed by atoms with Gasteiger partial charge >= 0.3 is 0 Å². The molecule has 1 aliphatic rings. The van der Waals surface area contributed by atoms with Gasteiger partial charge in [0.15, 0.2) is 12.5 Å². The Kier molecular flexibility index (Phi) is 4.06. The quantitative estimate of drug-likeness (QED) is 0.812. The number of halogens is 1. The van der Waals surface area contributed by atoms with E-state index < -0.39 is 24.7 Å². The van der Waals surface area contributed by atoms with Gasteiger partial charge in [0, 0.05) is 0 Å². The Hall–Kier alpha value is -1.01. The zero-order chi connectivity index (χ0) is 12.3. The first-order valence-corrected chi connectivity index (χ1v) is 5.46. The molecule has 0 spiro atoms. The van der Waals surface area contributed by atoms with E-state index >= 15 is 0 Å². The molecule has 1 aliphatic heterocycles. The highest BCUT2D eigenvalue weighted by Crippen LogP contribution is 2.22. The van der Waals surface area contributed by atoms with Crippen LogP contribution in [0.5, 0.6) is 0 Å². The van der Waals surface area contributed by atoms with E-state index in [1.807, 2.05) is 30.3 Å². The molecule has 2 rings (SSSR count). The molecule has 1 heterocycles. The van der Waals surface area contributed by atoms with E-state index in [4.69, 9.17) is 14.6 Å². The first kappa shape index (κ1) is 12.4. The van der Waals surface area contributed by atoms with Gasteiger partial charge in [-0.15, -0.1) is 0 Å². The molecular formula is C12H15FO4. The van der Waals surface area contributed by atoms with Gasteiger partial charge in [0.2, 0.25) is 0 Å². The van der Waals surface area contributed by atoms with Crippen molar-refractivity contribution in [2.24, 2.45) is 0 Å². The summed E-state index contributed by atoms with van der Waals surface area (Å²) in [5.74, 6) is 0. The minimum Gasteiger partial charge on any atom is -0.387 e. The molecule has 17 heavy (non-hydrogen) atoms. The first-order chi connectivity index (χ1) is 8.18. The topological polar surface area (TPSA) is 58.9 Å². The molecule has 5 heteroatoms. The van der Waals surface area contributed by atoms with Crippen LogP contribution in [-0.2, 0) is 16.1 Å². The van der Waals surface area contributed by atoms with Crippen LogP contribution in [0.2, 0.25) is 0 Å². The third-order valence-corrected chi connectivity index (χ3v) is 2.69. The van der Waals surface area contributed by atoms with Crippen molar-refractivity contribution in [3.8, 4) is 0 Å². The lowest BCUT2D eigenvalue weighted by molar-refractivity contribution is -0.127. The Bertz CT molecular complexity index is 346. The second kappa shape index (κ2) is 5.55. The van der Waals surface area contributed by atoms with E-state index in [9.17, 15) is 9.50 Å². The molecule has 94 valence electrons. The van der Waals surface area contributed by atoms with Crippen molar-refractivity contribution < 1.29 is 24.1 Å². The predicted molar refractivity (Wildman–Crippen MR) is 57.9 cm³/mol. The number of aliphatic hydroxyl groups excluding tert-OH is 2. The summed E-state index contributed by atoms with van der Waals surface area (Å²) in [4.78, 5) is 0. The van der Waals surface area contributed by atoms with Crippen LogP contribution in [0.4, 0.5) is 4.39 Å². The van der Waals surface area contributed by atoms with Gasteiger partial charge < -0.3 is 19.7 Å². The minimum absolute atomic E-state index is 0.0491. The summed E-state index contributed by atoms with van der Waals surface area (Å²) in [5, 5.41) is 18.4. The molecule has 0 aromatic heterocycles. The molecule has 0 unspecified atom stereocenters. The minimum atomic E-state index is -1.76. The zero-order valence-corrected chi connectivity index (χ0v) is 9.20. The van der Waals surface area contributed by atoms with E-state index in [-0.39, 0.29) is 6.61 Å². The molecule has 1 saturated heterocycles. The lowest BCUT2D eigenvalue weighted by Crippen LogP contribution is -2.31. The molecule has 0 amide bonds. The summed E-state index contributed by atoms with van der Waals surface area (Å²) >= 11 is 0. The van der Waals surface area contributed by atoms with Crippen LogP contribution in [0.3, 0.4) is 0 Å². The highest BCUT2D eigenvalue weighted by Gasteiger charge is 2.43. The largest absolute Gasteiger partial charge is 0.387 e. The van der Waals surface area contributed by atoms with Gasteiger partial charge in [0.25, 0.3) is 0 Å². The summed E-state index contributed by atoms with van der Waals surface area (Å²) in [6.07, 6.45) is -5.47. The van der Waals surface area contributed by atoms with Crippen molar-refractivity contribution in [3.05, 3.63) is 35.9 Å². The van der Waals surface area contributed by atoms with E-state index in [1.165, 1.54) is 0 Å². The summed E-state index contributed by atoms with van der Waals surface area (Å²) in [6, 6.07) is 9.48. The third kappa shape index (κ3) is 3.01. The Morgan fingerprint density at radius 1 is 1.24 bits per heavy atom. The summed E-state index contributed by atoms with van der Waals surface area (Å²) in [5.41, 5.74) is 0.984. The SMILES string of the molecule is O[C@H]1[C@H](F)[C@@H](O)O[C@@H]1COCc1ccccc1. The Morgan fingerprint density at radius 3 is 2.53 bits per heavy atom. The average molecular weight is 242 g/mol. The normalized spacial score (nSPS) is 32.9. The maximum Gasteiger partial charge on any atom is 0.189 e. The van der Waals surface area contributed by atoms with Gasteiger partial charge in [0.1, 0.15) is 12.2 Å². The predicted octanol–water partition coefficient (Wildman–Crippen LogP) is 0.619.